The minimum absolute atomic E-state index is 0.898. The summed E-state index contributed by atoms with van der Waals surface area (Å²) in [6.07, 6.45) is 12.4. The van der Waals surface area contributed by atoms with Crippen LogP contribution in [0.5, 0.6) is 0 Å². The van der Waals surface area contributed by atoms with Crippen LogP contribution >= 0.6 is 0 Å². The van der Waals surface area contributed by atoms with E-state index in [-0.39, 0.29) is 0 Å². The Morgan fingerprint density at radius 2 is 1.89 bits per heavy atom. The molecule has 0 spiro atoms. The van der Waals surface area contributed by atoms with E-state index in [2.05, 4.69) is 39.3 Å². The number of fused-ring (bicyclic) bond motifs is 2. The Morgan fingerprint density at radius 1 is 1.07 bits per heavy atom. The van der Waals surface area contributed by atoms with Gasteiger partial charge in [0.25, 0.3) is 0 Å². The van der Waals surface area contributed by atoms with Gasteiger partial charge < -0.3 is 10.5 Å². The Hall–Kier alpha value is -2.95. The molecule has 28 heavy (non-hydrogen) atoms. The molecule has 0 atom stereocenters. The largest absolute Gasteiger partial charge is 0.411 e. The number of aromatic nitrogens is 2. The first-order valence-electron chi connectivity index (χ1n) is 10.2. The van der Waals surface area contributed by atoms with Crippen molar-refractivity contribution in [1.29, 1.82) is 0 Å². The summed E-state index contributed by atoms with van der Waals surface area (Å²) >= 11 is 0. The highest BCUT2D eigenvalue weighted by atomic mass is 16.4. The second-order valence-corrected chi connectivity index (χ2v) is 7.38. The fourth-order valence-corrected chi connectivity index (χ4v) is 3.98. The molecule has 3 aromatic rings. The maximum Gasteiger partial charge on any atom is 0.169 e. The van der Waals surface area contributed by atoms with E-state index in [0.717, 1.165) is 49.9 Å². The van der Waals surface area contributed by atoms with Crippen molar-refractivity contribution < 1.29 is 9.77 Å². The van der Waals surface area contributed by atoms with Crippen LogP contribution in [0.3, 0.4) is 0 Å². The van der Waals surface area contributed by atoms with Gasteiger partial charge in [0.2, 0.25) is 0 Å². The molecule has 0 radical (unpaired) electrons. The van der Waals surface area contributed by atoms with Crippen LogP contribution in [0.4, 0.5) is 5.69 Å². The highest BCUT2D eigenvalue weighted by Gasteiger charge is 2.17. The van der Waals surface area contributed by atoms with Gasteiger partial charge in [0, 0.05) is 47.4 Å². The standard InChI is InChI=1S/C23H26N4O/c28-25-17-18-11-15-27(16-12-18)14-6-5-13-24-23-19-7-1-3-9-21(19)26-22-10-4-2-8-20(22)23/h1,3,7,9,11-12,15-17H,2,4-6,8,10,13-14H2,(H,24,26)/p+1. The molecular weight excluding hydrogens is 348 g/mol. The average molecular weight is 375 g/mol. The smallest absolute Gasteiger partial charge is 0.169 e. The van der Waals surface area contributed by atoms with E-state index in [1.54, 1.807) is 0 Å². The van der Waals surface area contributed by atoms with Crippen LogP contribution in [0.1, 0.15) is 42.5 Å². The van der Waals surface area contributed by atoms with Crippen LogP contribution < -0.4 is 9.88 Å². The molecule has 0 amide bonds. The number of hydrogen-bond acceptors (Lipinski definition) is 4. The predicted octanol–water partition coefficient (Wildman–Crippen LogP) is 4.10. The molecule has 5 heteroatoms. The highest BCUT2D eigenvalue weighted by molar-refractivity contribution is 5.93. The molecule has 1 aliphatic rings. The van der Waals surface area contributed by atoms with Crippen LogP contribution in [0.2, 0.25) is 0 Å². The third kappa shape index (κ3) is 4.14. The Bertz CT molecular complexity index is 966. The van der Waals surface area contributed by atoms with Gasteiger partial charge in [-0.15, -0.1) is 0 Å². The first-order chi connectivity index (χ1) is 13.8. The molecule has 0 saturated heterocycles. The van der Waals surface area contributed by atoms with E-state index >= 15 is 0 Å². The fraction of sp³-hybridized carbons (Fsp3) is 0.348. The lowest BCUT2D eigenvalue weighted by atomic mass is 9.92. The van der Waals surface area contributed by atoms with Crippen LogP contribution in [0, 0.1) is 0 Å². The number of hydrogen-bond donors (Lipinski definition) is 2. The lowest BCUT2D eigenvalue weighted by molar-refractivity contribution is -0.697. The van der Waals surface area contributed by atoms with Crippen molar-refractivity contribution in [2.75, 3.05) is 11.9 Å². The van der Waals surface area contributed by atoms with Gasteiger partial charge in [-0.05, 0) is 43.7 Å². The minimum Gasteiger partial charge on any atom is -0.411 e. The number of pyridine rings is 2. The number of benzene rings is 1. The van der Waals surface area contributed by atoms with Gasteiger partial charge in [0.1, 0.15) is 6.54 Å². The molecule has 2 aromatic heterocycles. The van der Waals surface area contributed by atoms with Crippen molar-refractivity contribution in [3.05, 3.63) is 65.6 Å². The molecule has 0 bridgehead atoms. The number of oxime groups is 1. The molecule has 1 aliphatic carbocycles. The van der Waals surface area contributed by atoms with Gasteiger partial charge in [0.15, 0.2) is 12.4 Å². The summed E-state index contributed by atoms with van der Waals surface area (Å²) in [4.78, 5) is 4.91. The molecule has 0 unspecified atom stereocenters. The molecule has 144 valence electrons. The normalized spacial score (nSPS) is 13.7. The number of para-hydroxylation sites is 1. The van der Waals surface area contributed by atoms with Gasteiger partial charge >= 0.3 is 0 Å². The van der Waals surface area contributed by atoms with Gasteiger partial charge in [0.05, 0.1) is 11.7 Å². The van der Waals surface area contributed by atoms with E-state index in [9.17, 15) is 0 Å². The predicted molar refractivity (Wildman–Crippen MR) is 112 cm³/mol. The van der Waals surface area contributed by atoms with Crippen molar-refractivity contribution in [3.63, 3.8) is 0 Å². The Labute approximate surface area is 165 Å². The quantitative estimate of drug-likeness (QED) is 0.215. The van der Waals surface area contributed by atoms with Gasteiger partial charge in [-0.1, -0.05) is 23.4 Å². The summed E-state index contributed by atoms with van der Waals surface area (Å²) < 4.78 is 2.17. The number of nitrogens with zero attached hydrogens (tertiary/aromatic N) is 3. The first-order valence-corrected chi connectivity index (χ1v) is 10.2. The van der Waals surface area contributed by atoms with E-state index in [1.165, 1.54) is 41.4 Å². The van der Waals surface area contributed by atoms with E-state index < -0.39 is 0 Å². The molecular formula is C23H27N4O+. The maximum atomic E-state index is 8.58. The molecule has 0 saturated carbocycles. The first kappa shape index (κ1) is 18.4. The van der Waals surface area contributed by atoms with E-state index in [4.69, 9.17) is 10.2 Å². The van der Waals surface area contributed by atoms with Crippen molar-refractivity contribution in [2.24, 2.45) is 5.16 Å². The van der Waals surface area contributed by atoms with Gasteiger partial charge in [-0.3, -0.25) is 4.98 Å². The van der Waals surface area contributed by atoms with Crippen LogP contribution in [-0.2, 0) is 19.4 Å². The lowest BCUT2D eigenvalue weighted by Crippen LogP contribution is -2.32. The monoisotopic (exact) mass is 375 g/mol. The maximum absolute atomic E-state index is 8.58. The fourth-order valence-electron chi connectivity index (χ4n) is 3.98. The Kier molecular flexibility index (Phi) is 5.80. The summed E-state index contributed by atoms with van der Waals surface area (Å²) in [5, 5.41) is 16.6. The van der Waals surface area contributed by atoms with E-state index in [0.29, 0.717) is 0 Å². The third-order valence-electron chi connectivity index (χ3n) is 5.44. The zero-order valence-corrected chi connectivity index (χ0v) is 16.1. The summed E-state index contributed by atoms with van der Waals surface area (Å²) in [7, 11) is 0. The minimum atomic E-state index is 0.898. The number of nitrogens with one attached hydrogen (secondary N) is 1. The molecule has 0 fully saturated rings. The van der Waals surface area contributed by atoms with Crippen LogP contribution in [-0.4, -0.2) is 23.0 Å². The Balaban J connectivity index is 1.38. The summed E-state index contributed by atoms with van der Waals surface area (Å²) in [6.45, 7) is 1.95. The molecule has 5 nitrogen and oxygen atoms in total. The van der Waals surface area contributed by atoms with Crippen molar-refractivity contribution in [1.82, 2.24) is 4.98 Å². The average Bonchev–Trinajstić information content (AvgIpc) is 2.74. The van der Waals surface area contributed by atoms with E-state index in [1.807, 2.05) is 24.5 Å². The van der Waals surface area contributed by atoms with Crippen molar-refractivity contribution in [2.45, 2.75) is 45.1 Å². The topological polar surface area (TPSA) is 61.4 Å². The lowest BCUT2D eigenvalue weighted by Gasteiger charge is -2.21. The molecule has 1 aromatic carbocycles. The summed E-state index contributed by atoms with van der Waals surface area (Å²) in [5.41, 5.74) is 6.03. The highest BCUT2D eigenvalue weighted by Crippen LogP contribution is 2.33. The molecule has 2 heterocycles. The Morgan fingerprint density at radius 3 is 2.75 bits per heavy atom. The van der Waals surface area contributed by atoms with Gasteiger partial charge in [-0.25, -0.2) is 4.57 Å². The van der Waals surface area contributed by atoms with Crippen molar-refractivity contribution in [3.8, 4) is 0 Å². The zero-order chi connectivity index (χ0) is 19.2. The zero-order valence-electron chi connectivity index (χ0n) is 16.1. The second-order valence-electron chi connectivity index (χ2n) is 7.38. The number of aryl methyl sites for hydroxylation is 2. The van der Waals surface area contributed by atoms with Gasteiger partial charge in [-0.2, -0.15) is 0 Å². The van der Waals surface area contributed by atoms with Crippen LogP contribution in [0.25, 0.3) is 10.9 Å². The molecule has 2 N–H and O–H groups in total. The number of rotatable bonds is 7. The third-order valence-corrected chi connectivity index (χ3v) is 5.44. The van der Waals surface area contributed by atoms with Crippen molar-refractivity contribution >= 4 is 22.8 Å². The summed E-state index contributed by atoms with van der Waals surface area (Å²) in [6, 6.07) is 12.4. The second kappa shape index (κ2) is 8.83. The number of anilines is 1. The summed E-state index contributed by atoms with van der Waals surface area (Å²) in [5.74, 6) is 0. The number of unbranched alkanes of at least 4 members (excludes halogenated alkanes) is 1. The molecule has 0 aliphatic heterocycles. The van der Waals surface area contributed by atoms with Crippen LogP contribution in [0.15, 0.2) is 53.9 Å². The SMILES string of the molecule is O/N=C/c1cc[n+](CCCCNc2c3c(nc4ccccc24)CCCC3)cc1. The molecule has 4 rings (SSSR count).